The van der Waals surface area contributed by atoms with Gasteiger partial charge in [-0.3, -0.25) is 9.59 Å². The summed E-state index contributed by atoms with van der Waals surface area (Å²) in [5, 5.41) is 11.4. The third-order valence-corrected chi connectivity index (χ3v) is 3.00. The zero-order valence-corrected chi connectivity index (χ0v) is 12.3. The first-order valence-corrected chi connectivity index (χ1v) is 6.81. The van der Waals surface area contributed by atoms with Crippen molar-refractivity contribution in [2.24, 2.45) is 5.92 Å². The summed E-state index contributed by atoms with van der Waals surface area (Å²) in [6.07, 6.45) is -0.144. The summed E-state index contributed by atoms with van der Waals surface area (Å²) < 4.78 is 18.3. The van der Waals surface area contributed by atoms with Crippen LogP contribution in [0.3, 0.4) is 0 Å². The van der Waals surface area contributed by atoms with Crippen LogP contribution in [0.2, 0.25) is 0 Å². The Morgan fingerprint density at radius 2 is 1.95 bits per heavy atom. The number of carboxylic acids is 1. The highest BCUT2D eigenvalue weighted by atomic mass is 19.1. The van der Waals surface area contributed by atoms with Crippen molar-refractivity contribution in [2.75, 3.05) is 6.61 Å². The van der Waals surface area contributed by atoms with E-state index in [1.807, 2.05) is 0 Å². The van der Waals surface area contributed by atoms with Crippen LogP contribution in [0.4, 0.5) is 4.39 Å². The van der Waals surface area contributed by atoms with Crippen LogP contribution in [-0.2, 0) is 14.3 Å². The number of nitrogens with one attached hydrogen (secondary N) is 1. The van der Waals surface area contributed by atoms with Gasteiger partial charge in [-0.05, 0) is 25.5 Å². The lowest BCUT2D eigenvalue weighted by molar-refractivity contribution is -0.148. The largest absolute Gasteiger partial charge is 0.480 e. The molecule has 0 aliphatic carbocycles. The number of hydrogen-bond donors (Lipinski definition) is 2. The predicted octanol–water partition coefficient (Wildman–Crippen LogP) is 1.60. The number of rotatable bonds is 7. The summed E-state index contributed by atoms with van der Waals surface area (Å²) in [4.78, 5) is 34.7. The Bertz CT molecular complexity index is 561. The molecular formula is C15H18FNO5. The van der Waals surface area contributed by atoms with Crippen molar-refractivity contribution >= 4 is 17.8 Å². The minimum absolute atomic E-state index is 0.144. The molecule has 0 aromatic heterocycles. The van der Waals surface area contributed by atoms with Crippen molar-refractivity contribution in [1.82, 2.24) is 5.32 Å². The Morgan fingerprint density at radius 1 is 1.32 bits per heavy atom. The quantitative estimate of drug-likeness (QED) is 0.746. The van der Waals surface area contributed by atoms with Crippen LogP contribution in [0.15, 0.2) is 24.3 Å². The molecule has 0 aliphatic rings. The van der Waals surface area contributed by atoms with Gasteiger partial charge in [0.15, 0.2) is 0 Å². The van der Waals surface area contributed by atoms with Crippen LogP contribution in [0.25, 0.3) is 0 Å². The summed E-state index contributed by atoms with van der Waals surface area (Å²) in [6.45, 7) is 3.32. The lowest BCUT2D eigenvalue weighted by Crippen LogP contribution is -2.43. The molecule has 1 aromatic carbocycles. The standard InChI is InChI=1S/C15H18FNO5/c1-3-22-15(21)9(2)8-12(14(19)20)17-13(18)10-6-4-5-7-11(10)16/h4-7,9,12H,3,8H2,1-2H3,(H,17,18)(H,19,20)/t9-,12+/m0/s1. The van der Waals surface area contributed by atoms with Crippen molar-refractivity contribution in [3.05, 3.63) is 35.6 Å². The molecule has 0 radical (unpaired) electrons. The van der Waals surface area contributed by atoms with Crippen LogP contribution in [0, 0.1) is 11.7 Å². The molecular weight excluding hydrogens is 293 g/mol. The molecule has 0 spiro atoms. The highest BCUT2D eigenvalue weighted by Gasteiger charge is 2.27. The molecule has 120 valence electrons. The molecule has 1 rings (SSSR count). The monoisotopic (exact) mass is 311 g/mol. The Morgan fingerprint density at radius 3 is 2.50 bits per heavy atom. The third kappa shape index (κ3) is 4.83. The van der Waals surface area contributed by atoms with Crippen LogP contribution in [0.1, 0.15) is 30.6 Å². The van der Waals surface area contributed by atoms with E-state index in [1.54, 1.807) is 6.92 Å². The highest BCUT2D eigenvalue weighted by molar-refractivity contribution is 5.96. The van der Waals surface area contributed by atoms with Crippen molar-refractivity contribution in [3.8, 4) is 0 Å². The zero-order valence-electron chi connectivity index (χ0n) is 12.3. The Balaban J connectivity index is 2.77. The summed E-state index contributed by atoms with van der Waals surface area (Å²) in [5.74, 6) is -4.15. The topological polar surface area (TPSA) is 92.7 Å². The predicted molar refractivity (Wildman–Crippen MR) is 75.7 cm³/mol. The van der Waals surface area contributed by atoms with Crippen LogP contribution in [-0.4, -0.2) is 35.6 Å². The number of aliphatic carboxylic acids is 1. The fourth-order valence-electron chi connectivity index (χ4n) is 1.84. The smallest absolute Gasteiger partial charge is 0.326 e. The van der Waals surface area contributed by atoms with Gasteiger partial charge < -0.3 is 15.2 Å². The maximum Gasteiger partial charge on any atom is 0.326 e. The number of amides is 1. The maximum atomic E-state index is 13.5. The van der Waals surface area contributed by atoms with E-state index in [2.05, 4.69) is 5.32 Å². The number of carboxylic acid groups (broad SMARTS) is 1. The fraction of sp³-hybridized carbons (Fsp3) is 0.400. The average Bonchev–Trinajstić information content (AvgIpc) is 2.46. The molecule has 0 saturated carbocycles. The molecule has 0 heterocycles. The van der Waals surface area contributed by atoms with E-state index in [1.165, 1.54) is 25.1 Å². The number of halogens is 1. The van der Waals surface area contributed by atoms with Crippen molar-refractivity contribution in [1.29, 1.82) is 0 Å². The van der Waals surface area contributed by atoms with E-state index in [-0.39, 0.29) is 18.6 Å². The summed E-state index contributed by atoms with van der Waals surface area (Å²) >= 11 is 0. The molecule has 6 nitrogen and oxygen atoms in total. The second kappa shape index (κ2) is 8.11. The first-order chi connectivity index (χ1) is 10.4. The van der Waals surface area contributed by atoms with E-state index >= 15 is 0 Å². The Kier molecular flexibility index (Phi) is 6.49. The number of esters is 1. The minimum atomic E-state index is -1.31. The van der Waals surface area contributed by atoms with Crippen molar-refractivity contribution in [2.45, 2.75) is 26.3 Å². The van der Waals surface area contributed by atoms with E-state index in [4.69, 9.17) is 9.84 Å². The summed E-state index contributed by atoms with van der Waals surface area (Å²) in [7, 11) is 0. The summed E-state index contributed by atoms with van der Waals surface area (Å²) in [5.41, 5.74) is -0.252. The van der Waals surface area contributed by atoms with Crippen LogP contribution in [0.5, 0.6) is 0 Å². The van der Waals surface area contributed by atoms with E-state index < -0.39 is 35.6 Å². The number of carbonyl (C=O) groups is 3. The number of carbonyl (C=O) groups excluding carboxylic acids is 2. The van der Waals surface area contributed by atoms with E-state index in [0.717, 1.165) is 6.07 Å². The molecule has 0 bridgehead atoms. The first kappa shape index (κ1) is 17.6. The molecule has 1 amide bonds. The van der Waals surface area contributed by atoms with E-state index in [0.29, 0.717) is 0 Å². The molecule has 0 unspecified atom stereocenters. The molecule has 0 saturated heterocycles. The Hall–Kier alpha value is -2.44. The molecule has 2 atom stereocenters. The van der Waals surface area contributed by atoms with Crippen LogP contribution >= 0.6 is 0 Å². The maximum absolute atomic E-state index is 13.5. The van der Waals surface area contributed by atoms with Crippen LogP contribution < -0.4 is 5.32 Å². The van der Waals surface area contributed by atoms with Crippen molar-refractivity contribution < 1.29 is 28.6 Å². The normalized spacial score (nSPS) is 13.0. The fourth-order valence-corrected chi connectivity index (χ4v) is 1.84. The van der Waals surface area contributed by atoms with Gasteiger partial charge in [0.05, 0.1) is 18.1 Å². The van der Waals surface area contributed by atoms with E-state index in [9.17, 15) is 18.8 Å². The Labute approximate surface area is 127 Å². The van der Waals surface area contributed by atoms with Gasteiger partial charge in [-0.1, -0.05) is 19.1 Å². The number of benzene rings is 1. The number of ether oxygens (including phenoxy) is 1. The van der Waals surface area contributed by atoms with Gasteiger partial charge in [0.25, 0.3) is 5.91 Å². The lowest BCUT2D eigenvalue weighted by atomic mass is 10.0. The second-order valence-corrected chi connectivity index (χ2v) is 4.73. The molecule has 0 fully saturated rings. The van der Waals surface area contributed by atoms with Gasteiger partial charge in [0.2, 0.25) is 0 Å². The van der Waals surface area contributed by atoms with Gasteiger partial charge >= 0.3 is 11.9 Å². The zero-order chi connectivity index (χ0) is 16.7. The SMILES string of the molecule is CCOC(=O)[C@@H](C)C[C@@H](NC(=O)c1ccccc1F)C(=O)O. The first-order valence-electron chi connectivity index (χ1n) is 6.81. The molecule has 2 N–H and O–H groups in total. The van der Waals surface area contributed by atoms with Gasteiger partial charge in [0, 0.05) is 0 Å². The van der Waals surface area contributed by atoms with Crippen molar-refractivity contribution in [3.63, 3.8) is 0 Å². The van der Waals surface area contributed by atoms with Gasteiger partial charge in [-0.15, -0.1) is 0 Å². The third-order valence-electron chi connectivity index (χ3n) is 3.00. The minimum Gasteiger partial charge on any atom is -0.480 e. The number of hydrogen-bond acceptors (Lipinski definition) is 4. The lowest BCUT2D eigenvalue weighted by Gasteiger charge is -2.18. The average molecular weight is 311 g/mol. The highest BCUT2D eigenvalue weighted by Crippen LogP contribution is 2.11. The molecule has 7 heteroatoms. The molecule has 0 aliphatic heterocycles. The summed E-state index contributed by atoms with van der Waals surface area (Å²) in [6, 6.07) is 3.93. The molecule has 22 heavy (non-hydrogen) atoms. The second-order valence-electron chi connectivity index (χ2n) is 4.73. The van der Waals surface area contributed by atoms with Gasteiger partial charge in [-0.25, -0.2) is 9.18 Å². The molecule has 1 aromatic rings. The van der Waals surface area contributed by atoms with Gasteiger partial charge in [-0.2, -0.15) is 0 Å². The van der Waals surface area contributed by atoms with Gasteiger partial charge in [0.1, 0.15) is 11.9 Å².